The minimum absolute atomic E-state index is 0. The Kier molecular flexibility index (Phi) is 4.13. The van der Waals surface area contributed by atoms with Gasteiger partial charge in [0.1, 0.15) is 0 Å². The van der Waals surface area contributed by atoms with Crippen LogP contribution in [0.1, 0.15) is 6.99 Å². The monoisotopic (exact) mass is 132 g/mol. The molecule has 0 nitrogen and oxygen atoms in total. The van der Waals surface area contributed by atoms with Gasteiger partial charge in [-0.25, -0.2) is 0 Å². The van der Waals surface area contributed by atoms with E-state index in [0.29, 0.717) is 0 Å². The van der Waals surface area contributed by atoms with Gasteiger partial charge in [0.25, 0.3) is 0 Å². The largest absolute Gasteiger partial charge is 1.00 e. The quantitative estimate of drug-likeness (QED) is 0.354. The van der Waals surface area contributed by atoms with E-state index in [1.807, 2.05) is 18.2 Å². The van der Waals surface area contributed by atoms with E-state index in [1.165, 1.54) is 5.56 Å². The predicted octanol–water partition coefficient (Wildman–Crippen LogP) is -0.600. The van der Waals surface area contributed by atoms with E-state index < -0.39 is 0 Å². The summed E-state index contributed by atoms with van der Waals surface area (Å²) in [4.78, 5) is 1.03. The van der Waals surface area contributed by atoms with Gasteiger partial charge in [0.15, 0.2) is 0 Å². The first kappa shape index (κ1) is 9.17. The number of benzene rings is 1. The predicted molar refractivity (Wildman–Crippen MR) is 39.5 cm³/mol. The smallest absolute Gasteiger partial charge is 1.00 e. The van der Waals surface area contributed by atoms with E-state index in [4.69, 9.17) is 0 Å². The molecule has 1 aromatic rings. The van der Waals surface area contributed by atoms with E-state index in [1.54, 1.807) is 0 Å². The molecular weight excluding hydrogens is 123 g/mol. The Morgan fingerprint density at radius 3 is 2.44 bits per heavy atom. The Morgan fingerprint density at radius 1 is 1.44 bits per heavy atom. The van der Waals surface area contributed by atoms with Crippen LogP contribution >= 0.6 is 12.6 Å². The Bertz CT molecular complexity index is 173. The number of thiol groups is 1. The molecule has 0 atom stereocenters. The van der Waals surface area contributed by atoms with Gasteiger partial charge in [0.05, 0.1) is 0 Å². The zero-order chi connectivity index (χ0) is 5.98. The molecule has 0 amide bonds. The first-order valence-electron chi connectivity index (χ1n) is 2.54. The first-order chi connectivity index (χ1) is 3.79. The van der Waals surface area contributed by atoms with Crippen LogP contribution in [0, 0.1) is 6.92 Å². The van der Waals surface area contributed by atoms with E-state index in [9.17, 15) is 0 Å². The number of hydrogen-bond donors (Lipinski definition) is 1. The third-order valence-corrected chi connectivity index (χ3v) is 1.28. The van der Waals surface area contributed by atoms with Gasteiger partial charge in [0.2, 0.25) is 0 Å². The molecule has 1 rings (SSSR count). The van der Waals surface area contributed by atoms with Gasteiger partial charge in [-0.1, -0.05) is 17.7 Å². The summed E-state index contributed by atoms with van der Waals surface area (Å²) < 4.78 is 0. The van der Waals surface area contributed by atoms with Gasteiger partial charge in [-0.15, -0.1) is 12.6 Å². The fourth-order valence-corrected chi connectivity index (χ4v) is 0.918. The molecule has 0 aliphatic carbocycles. The van der Waals surface area contributed by atoms with Crippen molar-refractivity contribution in [3.05, 3.63) is 29.8 Å². The zero-order valence-electron chi connectivity index (χ0n) is 6.76. The van der Waals surface area contributed by atoms with E-state index in [0.717, 1.165) is 4.90 Å². The number of hydrogen-bond acceptors (Lipinski definition) is 1. The summed E-state index contributed by atoms with van der Waals surface area (Å²) in [6.07, 6.45) is 0. The summed E-state index contributed by atoms with van der Waals surface area (Å²) in [5.74, 6) is 0. The molecular formula is C7H9LiS. The van der Waals surface area contributed by atoms with Crippen molar-refractivity contribution < 1.29 is 20.3 Å². The third kappa shape index (κ3) is 3.01. The Hall–Kier alpha value is 0.167. The van der Waals surface area contributed by atoms with Crippen molar-refractivity contribution in [2.45, 2.75) is 11.8 Å². The van der Waals surface area contributed by atoms with Gasteiger partial charge in [-0.05, 0) is 19.1 Å². The maximum absolute atomic E-state index is 4.15. The second-order valence-electron chi connectivity index (χ2n) is 1.84. The van der Waals surface area contributed by atoms with Crippen molar-refractivity contribution in [3.8, 4) is 0 Å². The molecule has 0 saturated carbocycles. The molecule has 0 saturated heterocycles. The third-order valence-electron chi connectivity index (χ3n) is 1.00. The normalized spacial score (nSPS) is 8.22. The van der Waals surface area contributed by atoms with Crippen LogP contribution in [-0.4, -0.2) is 0 Å². The van der Waals surface area contributed by atoms with Crippen LogP contribution in [0.2, 0.25) is 0 Å². The second kappa shape index (κ2) is 4.06. The summed E-state index contributed by atoms with van der Waals surface area (Å²) in [5.41, 5.74) is 1.26. The minimum Gasteiger partial charge on any atom is -1.00 e. The minimum atomic E-state index is 0. The van der Waals surface area contributed by atoms with E-state index in [-0.39, 0.29) is 20.3 Å². The van der Waals surface area contributed by atoms with Crippen LogP contribution in [0.25, 0.3) is 0 Å². The van der Waals surface area contributed by atoms with Crippen LogP contribution in [0.4, 0.5) is 0 Å². The molecule has 44 valence electrons. The fraction of sp³-hybridized carbons (Fsp3) is 0.143. The molecule has 0 fully saturated rings. The molecule has 0 aliphatic heterocycles. The average Bonchev–Trinajstić information content (AvgIpc) is 1.64. The summed E-state index contributed by atoms with van der Waals surface area (Å²) >= 11 is 4.15. The SMILES string of the molecule is Cc1cccc(S)c1.[H-].[Li+]. The Labute approximate surface area is 74.7 Å². The topological polar surface area (TPSA) is 0 Å². The molecule has 1 aromatic carbocycles. The molecule has 0 spiro atoms. The number of aryl methyl sites for hydroxylation is 1. The van der Waals surface area contributed by atoms with Crippen molar-refractivity contribution in [1.29, 1.82) is 0 Å². The van der Waals surface area contributed by atoms with Gasteiger partial charge in [0, 0.05) is 4.90 Å². The molecule has 0 aromatic heterocycles. The van der Waals surface area contributed by atoms with E-state index in [2.05, 4.69) is 25.6 Å². The van der Waals surface area contributed by atoms with Crippen LogP contribution in [-0.2, 0) is 0 Å². The Morgan fingerprint density at radius 2 is 2.11 bits per heavy atom. The molecule has 0 aliphatic rings. The van der Waals surface area contributed by atoms with Crippen molar-refractivity contribution in [2.75, 3.05) is 0 Å². The van der Waals surface area contributed by atoms with Crippen LogP contribution in [0.15, 0.2) is 29.2 Å². The molecule has 9 heavy (non-hydrogen) atoms. The van der Waals surface area contributed by atoms with Gasteiger partial charge >= 0.3 is 18.9 Å². The fourth-order valence-electron chi connectivity index (χ4n) is 0.628. The summed E-state index contributed by atoms with van der Waals surface area (Å²) in [5, 5.41) is 0. The summed E-state index contributed by atoms with van der Waals surface area (Å²) in [7, 11) is 0. The van der Waals surface area contributed by atoms with E-state index >= 15 is 0 Å². The molecule has 0 heterocycles. The maximum Gasteiger partial charge on any atom is 1.00 e. The van der Waals surface area contributed by atoms with Crippen molar-refractivity contribution in [3.63, 3.8) is 0 Å². The second-order valence-corrected chi connectivity index (χ2v) is 2.36. The first-order valence-corrected chi connectivity index (χ1v) is 2.99. The van der Waals surface area contributed by atoms with Crippen LogP contribution in [0.5, 0.6) is 0 Å². The molecule has 2 heteroatoms. The van der Waals surface area contributed by atoms with Gasteiger partial charge < -0.3 is 1.43 Å². The maximum atomic E-state index is 4.15. The van der Waals surface area contributed by atoms with Crippen molar-refractivity contribution in [1.82, 2.24) is 0 Å². The van der Waals surface area contributed by atoms with Crippen molar-refractivity contribution >= 4 is 12.6 Å². The van der Waals surface area contributed by atoms with Crippen LogP contribution < -0.4 is 18.9 Å². The molecule has 0 unspecified atom stereocenters. The van der Waals surface area contributed by atoms with Crippen LogP contribution in [0.3, 0.4) is 0 Å². The molecule has 0 bridgehead atoms. The zero-order valence-corrected chi connectivity index (χ0v) is 6.65. The standard InChI is InChI=1S/C7H8S.Li.H/c1-6-3-2-4-7(8)5-6;;/h2-5,8H,1H3;;/q;+1;-1. The number of rotatable bonds is 0. The molecule has 0 radical (unpaired) electrons. The average molecular weight is 132 g/mol. The van der Waals surface area contributed by atoms with Crippen molar-refractivity contribution in [2.24, 2.45) is 0 Å². The molecule has 0 N–H and O–H groups in total. The summed E-state index contributed by atoms with van der Waals surface area (Å²) in [6, 6.07) is 8.05. The van der Waals surface area contributed by atoms with Gasteiger partial charge in [-0.3, -0.25) is 0 Å². The summed E-state index contributed by atoms with van der Waals surface area (Å²) in [6.45, 7) is 2.06. The Balaban J connectivity index is 0. The van der Waals surface area contributed by atoms with Gasteiger partial charge in [-0.2, -0.15) is 0 Å².